The van der Waals surface area contributed by atoms with Gasteiger partial charge in [-0.25, -0.2) is 0 Å². The number of carbonyl (C=O) groups excluding carboxylic acids is 1. The Labute approximate surface area is 174 Å². The smallest absolute Gasteiger partial charge is 0.316 e. The summed E-state index contributed by atoms with van der Waals surface area (Å²) in [6.07, 6.45) is 0. The fourth-order valence-corrected chi connectivity index (χ4v) is 2.83. The SMILES string of the molecule is CCn1nc(C)cc1/C(OC(=O)C(C)(C)C)=C(/C#N)c1ccc(C(C)(C)C)cc1. The zero-order valence-corrected chi connectivity index (χ0v) is 18.8. The molecule has 5 nitrogen and oxygen atoms in total. The first-order chi connectivity index (χ1) is 13.4. The summed E-state index contributed by atoms with van der Waals surface area (Å²) in [5, 5.41) is 14.5. The van der Waals surface area contributed by atoms with Gasteiger partial charge >= 0.3 is 5.97 Å². The molecule has 0 atom stereocenters. The summed E-state index contributed by atoms with van der Waals surface area (Å²) in [5.74, 6) is -0.147. The Bertz CT molecular complexity index is 960. The van der Waals surface area contributed by atoms with E-state index in [0.29, 0.717) is 23.4 Å². The molecule has 0 fully saturated rings. The lowest BCUT2D eigenvalue weighted by molar-refractivity contribution is -0.145. The first kappa shape index (κ1) is 22.4. The van der Waals surface area contributed by atoms with E-state index in [1.54, 1.807) is 25.5 Å². The number of aromatic nitrogens is 2. The van der Waals surface area contributed by atoms with Crippen molar-refractivity contribution in [3.8, 4) is 6.07 Å². The van der Waals surface area contributed by atoms with E-state index < -0.39 is 11.4 Å². The monoisotopic (exact) mass is 393 g/mol. The molecule has 154 valence electrons. The Morgan fingerprint density at radius 3 is 2.17 bits per heavy atom. The number of aryl methyl sites for hydroxylation is 2. The van der Waals surface area contributed by atoms with Gasteiger partial charge in [-0.3, -0.25) is 9.48 Å². The van der Waals surface area contributed by atoms with Gasteiger partial charge in [0.1, 0.15) is 17.3 Å². The highest BCUT2D eigenvalue weighted by atomic mass is 16.5. The van der Waals surface area contributed by atoms with Crippen molar-refractivity contribution < 1.29 is 9.53 Å². The number of rotatable bonds is 4. The van der Waals surface area contributed by atoms with Crippen LogP contribution in [0, 0.1) is 23.7 Å². The molecule has 0 saturated carbocycles. The van der Waals surface area contributed by atoms with Gasteiger partial charge in [0, 0.05) is 6.54 Å². The number of benzene rings is 1. The zero-order chi connectivity index (χ0) is 22.0. The summed E-state index contributed by atoms with van der Waals surface area (Å²) in [5.41, 5.74) is 2.92. The molecule has 2 rings (SSSR count). The third-order valence-electron chi connectivity index (χ3n) is 4.62. The lowest BCUT2D eigenvalue weighted by Gasteiger charge is -2.21. The van der Waals surface area contributed by atoms with Gasteiger partial charge in [-0.05, 0) is 57.2 Å². The van der Waals surface area contributed by atoms with Crippen LogP contribution in [0.25, 0.3) is 11.3 Å². The number of hydrogen-bond acceptors (Lipinski definition) is 4. The van der Waals surface area contributed by atoms with Crippen molar-refractivity contribution in [2.45, 2.75) is 67.3 Å². The van der Waals surface area contributed by atoms with Crippen molar-refractivity contribution in [3.05, 3.63) is 52.8 Å². The van der Waals surface area contributed by atoms with Crippen molar-refractivity contribution in [3.63, 3.8) is 0 Å². The maximum Gasteiger partial charge on any atom is 0.316 e. The number of carbonyl (C=O) groups is 1. The van der Waals surface area contributed by atoms with E-state index in [0.717, 1.165) is 5.69 Å². The van der Waals surface area contributed by atoms with Crippen molar-refractivity contribution in [2.24, 2.45) is 5.41 Å². The Hall–Kier alpha value is -2.87. The van der Waals surface area contributed by atoms with Gasteiger partial charge in [0.25, 0.3) is 0 Å². The summed E-state index contributed by atoms with van der Waals surface area (Å²) in [7, 11) is 0. The molecular formula is C24H31N3O2. The molecule has 1 heterocycles. The molecule has 0 aliphatic carbocycles. The topological polar surface area (TPSA) is 67.9 Å². The Kier molecular flexibility index (Phi) is 6.37. The molecule has 0 radical (unpaired) electrons. The van der Waals surface area contributed by atoms with Gasteiger partial charge in [0.05, 0.1) is 11.1 Å². The fourth-order valence-electron chi connectivity index (χ4n) is 2.83. The normalized spacial score (nSPS) is 12.9. The van der Waals surface area contributed by atoms with E-state index in [9.17, 15) is 10.1 Å². The highest BCUT2D eigenvalue weighted by Gasteiger charge is 2.28. The van der Waals surface area contributed by atoms with Gasteiger partial charge in [0.15, 0.2) is 5.76 Å². The minimum absolute atomic E-state index is 0.00846. The van der Waals surface area contributed by atoms with E-state index in [-0.39, 0.29) is 11.2 Å². The van der Waals surface area contributed by atoms with Crippen molar-refractivity contribution in [1.82, 2.24) is 9.78 Å². The van der Waals surface area contributed by atoms with Crippen LogP contribution >= 0.6 is 0 Å². The molecule has 0 amide bonds. The molecule has 0 unspecified atom stereocenters. The van der Waals surface area contributed by atoms with Crippen molar-refractivity contribution in [2.75, 3.05) is 0 Å². The van der Waals surface area contributed by atoms with Crippen LogP contribution in [-0.2, 0) is 21.5 Å². The van der Waals surface area contributed by atoms with Crippen LogP contribution in [0.5, 0.6) is 0 Å². The van der Waals surface area contributed by atoms with E-state index in [2.05, 4.69) is 31.9 Å². The van der Waals surface area contributed by atoms with E-state index in [1.807, 2.05) is 44.2 Å². The van der Waals surface area contributed by atoms with Gasteiger partial charge in [-0.1, -0.05) is 45.0 Å². The number of ether oxygens (including phenoxy) is 1. The largest absolute Gasteiger partial charge is 0.422 e. The van der Waals surface area contributed by atoms with Crippen LogP contribution in [0.4, 0.5) is 0 Å². The fraction of sp³-hybridized carbons (Fsp3) is 0.458. The molecule has 0 N–H and O–H groups in total. The summed E-state index contributed by atoms with van der Waals surface area (Å²) in [6, 6.07) is 11.9. The molecule has 5 heteroatoms. The Morgan fingerprint density at radius 2 is 1.72 bits per heavy atom. The van der Waals surface area contributed by atoms with Crippen molar-refractivity contribution >= 4 is 17.3 Å². The van der Waals surface area contributed by atoms with Gasteiger partial charge in [-0.2, -0.15) is 10.4 Å². The predicted molar refractivity (Wildman–Crippen MR) is 116 cm³/mol. The second kappa shape index (κ2) is 8.24. The molecule has 29 heavy (non-hydrogen) atoms. The molecule has 1 aromatic heterocycles. The van der Waals surface area contributed by atoms with Crippen LogP contribution < -0.4 is 0 Å². The Morgan fingerprint density at radius 1 is 1.14 bits per heavy atom. The lowest BCUT2D eigenvalue weighted by atomic mass is 9.86. The predicted octanol–water partition coefficient (Wildman–Crippen LogP) is 5.49. The van der Waals surface area contributed by atoms with Crippen molar-refractivity contribution in [1.29, 1.82) is 5.26 Å². The van der Waals surface area contributed by atoms with Crippen LogP contribution in [-0.4, -0.2) is 15.7 Å². The number of nitriles is 1. The Balaban J connectivity index is 2.70. The number of hydrogen-bond donors (Lipinski definition) is 0. The second-order valence-corrected chi connectivity index (χ2v) is 9.27. The van der Waals surface area contributed by atoms with Gasteiger partial charge in [-0.15, -0.1) is 0 Å². The first-order valence-electron chi connectivity index (χ1n) is 9.91. The van der Waals surface area contributed by atoms with Crippen LogP contribution in [0.15, 0.2) is 30.3 Å². The van der Waals surface area contributed by atoms with Gasteiger partial charge in [0.2, 0.25) is 0 Å². The standard InChI is InChI=1S/C24H31N3O2/c1-9-27-20(14-16(2)26-27)21(29-22(28)24(6,7)8)19(15-25)17-10-12-18(13-11-17)23(3,4)5/h10-14H,9H2,1-8H3/b21-19+. The van der Waals surface area contributed by atoms with E-state index in [4.69, 9.17) is 4.74 Å². The summed E-state index contributed by atoms with van der Waals surface area (Å²) >= 11 is 0. The van der Waals surface area contributed by atoms with E-state index in [1.165, 1.54) is 5.56 Å². The van der Waals surface area contributed by atoms with Crippen LogP contribution in [0.3, 0.4) is 0 Å². The average molecular weight is 394 g/mol. The highest BCUT2D eigenvalue weighted by Crippen LogP contribution is 2.32. The minimum atomic E-state index is -0.700. The molecule has 0 spiro atoms. The molecular weight excluding hydrogens is 362 g/mol. The van der Waals surface area contributed by atoms with Crippen LogP contribution in [0.1, 0.15) is 71.0 Å². The lowest BCUT2D eigenvalue weighted by Crippen LogP contribution is -2.23. The number of nitrogens with zero attached hydrogens (tertiary/aromatic N) is 3. The molecule has 0 aliphatic heterocycles. The minimum Gasteiger partial charge on any atom is -0.422 e. The maximum absolute atomic E-state index is 12.7. The number of allylic oxidation sites excluding steroid dienone is 1. The van der Waals surface area contributed by atoms with E-state index >= 15 is 0 Å². The molecule has 0 bridgehead atoms. The third-order valence-corrected chi connectivity index (χ3v) is 4.62. The molecule has 2 aromatic rings. The molecule has 1 aromatic carbocycles. The average Bonchev–Trinajstić information content (AvgIpc) is 3.00. The summed E-state index contributed by atoms with van der Waals surface area (Å²) in [6.45, 7) is 16.2. The molecule has 0 saturated heterocycles. The molecule has 0 aliphatic rings. The van der Waals surface area contributed by atoms with Gasteiger partial charge < -0.3 is 4.74 Å². The highest BCUT2D eigenvalue weighted by molar-refractivity contribution is 5.97. The summed E-state index contributed by atoms with van der Waals surface area (Å²) < 4.78 is 7.57. The van der Waals surface area contributed by atoms with Crippen LogP contribution in [0.2, 0.25) is 0 Å². The second-order valence-electron chi connectivity index (χ2n) is 9.27. The zero-order valence-electron chi connectivity index (χ0n) is 18.8. The third kappa shape index (κ3) is 5.14. The summed E-state index contributed by atoms with van der Waals surface area (Å²) in [4.78, 5) is 12.7. The maximum atomic E-state index is 12.7. The number of esters is 1. The first-order valence-corrected chi connectivity index (χ1v) is 9.91. The quantitative estimate of drug-likeness (QED) is 0.391.